The van der Waals surface area contributed by atoms with Crippen LogP contribution in [0.5, 0.6) is 0 Å². The molecule has 1 fully saturated rings. The lowest BCUT2D eigenvalue weighted by Crippen LogP contribution is -2.51. The number of amides is 2. The Morgan fingerprint density at radius 1 is 1.00 bits per heavy atom. The van der Waals surface area contributed by atoms with E-state index in [4.69, 9.17) is 0 Å². The third kappa shape index (κ3) is 6.68. The predicted molar refractivity (Wildman–Crippen MR) is 126 cm³/mol. The molecule has 0 bridgehead atoms. The molecule has 0 aliphatic heterocycles. The Morgan fingerprint density at radius 2 is 1.71 bits per heavy atom. The Labute approximate surface area is 187 Å². The highest BCUT2D eigenvalue weighted by atomic mass is 16.2. The highest BCUT2D eigenvalue weighted by molar-refractivity contribution is 5.88. The summed E-state index contributed by atoms with van der Waals surface area (Å²) in [6.45, 7) is 6.57. The van der Waals surface area contributed by atoms with Crippen LogP contribution in [0.15, 0.2) is 48.5 Å². The van der Waals surface area contributed by atoms with Gasteiger partial charge < -0.3 is 10.2 Å². The molecule has 4 nitrogen and oxygen atoms in total. The number of hydrogen-bond acceptors (Lipinski definition) is 2. The zero-order valence-electron chi connectivity index (χ0n) is 19.2. The highest BCUT2D eigenvalue weighted by Crippen LogP contribution is 2.20. The molecule has 1 unspecified atom stereocenters. The molecule has 2 aromatic carbocycles. The summed E-state index contributed by atoms with van der Waals surface area (Å²) in [5, 5.41) is 3.21. The Hall–Kier alpha value is -2.62. The minimum absolute atomic E-state index is 0.00858. The van der Waals surface area contributed by atoms with Crippen LogP contribution >= 0.6 is 0 Å². The Balaban J connectivity index is 1.75. The smallest absolute Gasteiger partial charge is 0.243 e. The topological polar surface area (TPSA) is 49.4 Å². The number of nitrogens with zero attached hydrogens (tertiary/aromatic N) is 1. The predicted octanol–water partition coefficient (Wildman–Crippen LogP) is 5.10. The number of carbonyl (C=O) groups excluding carboxylic acids is 2. The first-order chi connectivity index (χ1) is 15.0. The number of rotatable bonds is 9. The van der Waals surface area contributed by atoms with Gasteiger partial charge in [0, 0.05) is 19.0 Å². The van der Waals surface area contributed by atoms with E-state index in [1.54, 1.807) is 4.90 Å². The van der Waals surface area contributed by atoms with Gasteiger partial charge in [0.05, 0.1) is 0 Å². The number of benzene rings is 2. The summed E-state index contributed by atoms with van der Waals surface area (Å²) in [7, 11) is 0. The van der Waals surface area contributed by atoms with Gasteiger partial charge in [-0.15, -0.1) is 0 Å². The standard InChI is InChI=1S/C27H36N2O2/c1-4-25(27(31)28-24-10-5-6-11-24)29(19-23-9-7-8-21(3)18-23)26(30)17-16-22-14-12-20(2)13-15-22/h7-9,12-15,18,24-25H,4-6,10-11,16-17,19H2,1-3H3,(H,28,31). The first kappa shape index (κ1) is 23.1. The van der Waals surface area contributed by atoms with E-state index < -0.39 is 6.04 Å². The van der Waals surface area contributed by atoms with Gasteiger partial charge in [-0.2, -0.15) is 0 Å². The first-order valence-corrected chi connectivity index (χ1v) is 11.7. The second-order valence-electron chi connectivity index (χ2n) is 8.91. The summed E-state index contributed by atoms with van der Waals surface area (Å²) in [5.74, 6) is 0.0289. The Morgan fingerprint density at radius 3 is 2.35 bits per heavy atom. The molecule has 0 spiro atoms. The van der Waals surface area contributed by atoms with Crippen molar-refractivity contribution in [3.05, 3.63) is 70.8 Å². The molecule has 1 aliphatic carbocycles. The number of carbonyl (C=O) groups is 2. The van der Waals surface area contributed by atoms with Crippen molar-refractivity contribution < 1.29 is 9.59 Å². The molecule has 31 heavy (non-hydrogen) atoms. The quantitative estimate of drug-likeness (QED) is 0.613. The molecule has 0 heterocycles. The average molecular weight is 421 g/mol. The van der Waals surface area contributed by atoms with Crippen molar-refractivity contribution in [3.8, 4) is 0 Å². The van der Waals surface area contributed by atoms with Crippen LogP contribution in [0.4, 0.5) is 0 Å². The van der Waals surface area contributed by atoms with E-state index in [0.717, 1.165) is 29.5 Å². The summed E-state index contributed by atoms with van der Waals surface area (Å²) in [6, 6.07) is 16.3. The molecule has 0 radical (unpaired) electrons. The molecule has 1 atom stereocenters. The van der Waals surface area contributed by atoms with Gasteiger partial charge in [-0.3, -0.25) is 9.59 Å². The maximum atomic E-state index is 13.4. The molecule has 4 heteroatoms. The molecular formula is C27H36N2O2. The normalized spacial score (nSPS) is 14.9. The SMILES string of the molecule is CCC(C(=O)NC1CCCC1)N(Cc1cccc(C)c1)C(=O)CCc1ccc(C)cc1. The van der Waals surface area contributed by atoms with Crippen LogP contribution in [0.25, 0.3) is 0 Å². The van der Waals surface area contributed by atoms with Crippen molar-refractivity contribution in [2.45, 2.75) is 84.3 Å². The van der Waals surface area contributed by atoms with E-state index in [1.807, 2.05) is 19.1 Å². The van der Waals surface area contributed by atoms with Crippen molar-refractivity contribution in [1.29, 1.82) is 0 Å². The minimum atomic E-state index is -0.438. The summed E-state index contributed by atoms with van der Waals surface area (Å²) >= 11 is 0. The molecule has 0 saturated heterocycles. The van der Waals surface area contributed by atoms with Gasteiger partial charge in [0.2, 0.25) is 11.8 Å². The van der Waals surface area contributed by atoms with Gasteiger partial charge in [-0.1, -0.05) is 79.4 Å². The number of aryl methyl sites for hydroxylation is 3. The van der Waals surface area contributed by atoms with Crippen LogP contribution in [-0.2, 0) is 22.6 Å². The summed E-state index contributed by atoms with van der Waals surface area (Å²) in [5.41, 5.74) is 4.59. The zero-order valence-corrected chi connectivity index (χ0v) is 19.2. The highest BCUT2D eigenvalue weighted by Gasteiger charge is 2.30. The largest absolute Gasteiger partial charge is 0.352 e. The van der Waals surface area contributed by atoms with E-state index >= 15 is 0 Å². The van der Waals surface area contributed by atoms with E-state index in [-0.39, 0.29) is 17.9 Å². The third-order valence-corrected chi connectivity index (χ3v) is 6.27. The lowest BCUT2D eigenvalue weighted by Gasteiger charge is -2.31. The molecule has 1 aliphatic rings. The molecule has 2 aromatic rings. The van der Waals surface area contributed by atoms with Gasteiger partial charge in [0.1, 0.15) is 6.04 Å². The van der Waals surface area contributed by atoms with E-state index in [9.17, 15) is 9.59 Å². The fourth-order valence-corrected chi connectivity index (χ4v) is 4.44. The van der Waals surface area contributed by atoms with Crippen molar-refractivity contribution >= 4 is 11.8 Å². The molecule has 1 N–H and O–H groups in total. The van der Waals surface area contributed by atoms with Gasteiger partial charge in [-0.25, -0.2) is 0 Å². The molecule has 3 rings (SSSR count). The monoisotopic (exact) mass is 420 g/mol. The van der Waals surface area contributed by atoms with Gasteiger partial charge in [-0.05, 0) is 50.7 Å². The maximum absolute atomic E-state index is 13.4. The van der Waals surface area contributed by atoms with Gasteiger partial charge in [0.15, 0.2) is 0 Å². The van der Waals surface area contributed by atoms with Gasteiger partial charge in [0.25, 0.3) is 0 Å². The fourth-order valence-electron chi connectivity index (χ4n) is 4.44. The zero-order chi connectivity index (χ0) is 22.2. The average Bonchev–Trinajstić information content (AvgIpc) is 3.26. The summed E-state index contributed by atoms with van der Waals surface area (Å²) in [4.78, 5) is 28.3. The van der Waals surface area contributed by atoms with Crippen molar-refractivity contribution in [3.63, 3.8) is 0 Å². The van der Waals surface area contributed by atoms with E-state index in [1.165, 1.54) is 18.4 Å². The Kier molecular flexibility index (Phi) is 8.27. The van der Waals surface area contributed by atoms with Crippen LogP contribution in [-0.4, -0.2) is 28.8 Å². The second kappa shape index (κ2) is 11.1. The molecular weight excluding hydrogens is 384 g/mol. The number of hydrogen-bond donors (Lipinski definition) is 1. The van der Waals surface area contributed by atoms with Crippen LogP contribution in [0, 0.1) is 13.8 Å². The number of nitrogens with one attached hydrogen (secondary N) is 1. The van der Waals surface area contributed by atoms with E-state index in [2.05, 4.69) is 55.6 Å². The van der Waals surface area contributed by atoms with Gasteiger partial charge >= 0.3 is 0 Å². The molecule has 0 aromatic heterocycles. The second-order valence-corrected chi connectivity index (χ2v) is 8.91. The molecule has 1 saturated carbocycles. The van der Waals surface area contributed by atoms with Crippen LogP contribution in [0.3, 0.4) is 0 Å². The lowest BCUT2D eigenvalue weighted by molar-refractivity contribution is -0.141. The third-order valence-electron chi connectivity index (χ3n) is 6.27. The van der Waals surface area contributed by atoms with Crippen LogP contribution in [0.1, 0.15) is 67.7 Å². The molecule has 166 valence electrons. The Bertz CT molecular complexity index is 869. The first-order valence-electron chi connectivity index (χ1n) is 11.7. The van der Waals surface area contributed by atoms with Crippen molar-refractivity contribution in [1.82, 2.24) is 10.2 Å². The molecule has 2 amide bonds. The van der Waals surface area contributed by atoms with Crippen LogP contribution < -0.4 is 5.32 Å². The summed E-state index contributed by atoms with van der Waals surface area (Å²) < 4.78 is 0. The lowest BCUT2D eigenvalue weighted by atomic mass is 10.0. The van der Waals surface area contributed by atoms with Crippen molar-refractivity contribution in [2.75, 3.05) is 0 Å². The summed E-state index contributed by atoms with van der Waals surface area (Å²) in [6.07, 6.45) is 6.13. The van der Waals surface area contributed by atoms with E-state index in [0.29, 0.717) is 25.8 Å². The van der Waals surface area contributed by atoms with Crippen molar-refractivity contribution in [2.24, 2.45) is 0 Å². The minimum Gasteiger partial charge on any atom is -0.352 e. The fraction of sp³-hybridized carbons (Fsp3) is 0.481. The maximum Gasteiger partial charge on any atom is 0.243 e. The van der Waals surface area contributed by atoms with Crippen LogP contribution in [0.2, 0.25) is 0 Å².